The second-order valence-electron chi connectivity index (χ2n) is 2.81. The highest BCUT2D eigenvalue weighted by atomic mass is 15.1. The van der Waals surface area contributed by atoms with Crippen LogP contribution in [-0.4, -0.2) is 24.5 Å². The van der Waals surface area contributed by atoms with Gasteiger partial charge in [0.2, 0.25) is 0 Å². The summed E-state index contributed by atoms with van der Waals surface area (Å²) in [5, 5.41) is 0. The second kappa shape index (κ2) is 4.51. The highest BCUT2D eigenvalue weighted by Gasteiger charge is 2.05. The zero-order valence-electron chi connectivity index (χ0n) is 6.55. The van der Waals surface area contributed by atoms with Crippen molar-refractivity contribution in [2.24, 2.45) is 0 Å². The molecule has 0 aliphatic carbocycles. The second-order valence-corrected chi connectivity index (χ2v) is 2.81. The topological polar surface area (TPSA) is 3.24 Å². The molecule has 1 heterocycles. The van der Waals surface area contributed by atoms with E-state index in [0.29, 0.717) is 0 Å². The minimum absolute atomic E-state index is 1.06. The molecule has 0 N–H and O–H groups in total. The predicted molar refractivity (Wildman–Crippen MR) is 44.8 cm³/mol. The standard InChI is InChI=1S/C9H16N/c1-2-7-10-8-5-3-4-6-9-10/h2-3H,1,4-9H2. The molecule has 1 nitrogen and oxygen atoms in total. The van der Waals surface area contributed by atoms with Crippen LogP contribution in [0.25, 0.3) is 0 Å². The molecule has 0 bridgehead atoms. The molecule has 0 amide bonds. The third-order valence-electron chi connectivity index (χ3n) is 1.92. The Bertz CT molecular complexity index is 90.9. The monoisotopic (exact) mass is 138 g/mol. The molecule has 0 atom stereocenters. The Morgan fingerprint density at radius 1 is 1.40 bits per heavy atom. The molecule has 1 fully saturated rings. The number of likely N-dealkylation sites (tertiary alicyclic amines) is 1. The minimum Gasteiger partial charge on any atom is -0.300 e. The normalized spacial score (nSPS) is 22.0. The Labute approximate surface area is 63.7 Å². The highest BCUT2D eigenvalue weighted by molar-refractivity contribution is 4.79. The zero-order chi connectivity index (χ0) is 7.23. The number of nitrogens with zero attached hydrogens (tertiary/aromatic N) is 1. The van der Waals surface area contributed by atoms with Crippen molar-refractivity contribution in [2.75, 3.05) is 19.6 Å². The van der Waals surface area contributed by atoms with Gasteiger partial charge in [-0.15, -0.1) is 6.58 Å². The molecular formula is C9H16N. The Balaban J connectivity index is 2.21. The zero-order valence-corrected chi connectivity index (χ0v) is 6.55. The van der Waals surface area contributed by atoms with Crippen LogP contribution in [0.4, 0.5) is 0 Å². The van der Waals surface area contributed by atoms with Gasteiger partial charge >= 0.3 is 0 Å². The van der Waals surface area contributed by atoms with Crippen molar-refractivity contribution in [3.05, 3.63) is 19.1 Å². The van der Waals surface area contributed by atoms with Gasteiger partial charge in [-0.2, -0.15) is 0 Å². The van der Waals surface area contributed by atoms with E-state index >= 15 is 0 Å². The van der Waals surface area contributed by atoms with E-state index in [1.165, 1.54) is 32.4 Å². The molecule has 57 valence electrons. The van der Waals surface area contributed by atoms with Crippen molar-refractivity contribution in [2.45, 2.75) is 19.3 Å². The van der Waals surface area contributed by atoms with E-state index in [4.69, 9.17) is 0 Å². The summed E-state index contributed by atoms with van der Waals surface area (Å²) in [6, 6.07) is 0. The van der Waals surface area contributed by atoms with Gasteiger partial charge in [-0.3, -0.25) is 4.90 Å². The van der Waals surface area contributed by atoms with Crippen molar-refractivity contribution >= 4 is 0 Å². The first-order valence-corrected chi connectivity index (χ1v) is 4.08. The maximum atomic E-state index is 3.73. The van der Waals surface area contributed by atoms with Crippen LogP contribution in [0.1, 0.15) is 19.3 Å². The summed E-state index contributed by atoms with van der Waals surface area (Å²) in [7, 11) is 0. The lowest BCUT2D eigenvalue weighted by Gasteiger charge is -2.16. The van der Waals surface area contributed by atoms with Gasteiger partial charge in [-0.1, -0.05) is 6.08 Å². The van der Waals surface area contributed by atoms with Crippen LogP contribution < -0.4 is 0 Å². The molecule has 1 rings (SSSR count). The molecule has 0 unspecified atom stereocenters. The molecule has 10 heavy (non-hydrogen) atoms. The maximum absolute atomic E-state index is 3.73. The van der Waals surface area contributed by atoms with Crippen LogP contribution in [0.15, 0.2) is 12.7 Å². The number of hydrogen-bond acceptors (Lipinski definition) is 1. The lowest BCUT2D eigenvalue weighted by Crippen LogP contribution is -2.24. The van der Waals surface area contributed by atoms with Crippen LogP contribution in [0, 0.1) is 6.42 Å². The Morgan fingerprint density at radius 2 is 2.30 bits per heavy atom. The van der Waals surface area contributed by atoms with Crippen molar-refractivity contribution in [3.63, 3.8) is 0 Å². The predicted octanol–water partition coefficient (Wildman–Crippen LogP) is 1.86. The number of hydrogen-bond donors (Lipinski definition) is 0. The lowest BCUT2D eigenvalue weighted by molar-refractivity contribution is 0.318. The van der Waals surface area contributed by atoms with E-state index in [9.17, 15) is 0 Å². The average Bonchev–Trinajstić information content (AvgIpc) is 2.17. The van der Waals surface area contributed by atoms with Gasteiger partial charge in [0.25, 0.3) is 0 Å². The molecule has 0 aromatic carbocycles. The molecule has 0 aromatic rings. The van der Waals surface area contributed by atoms with Crippen LogP contribution in [-0.2, 0) is 0 Å². The van der Waals surface area contributed by atoms with Crippen LogP contribution in [0.2, 0.25) is 0 Å². The van der Waals surface area contributed by atoms with E-state index in [1.54, 1.807) is 0 Å². The van der Waals surface area contributed by atoms with Gasteiger partial charge in [-0.25, -0.2) is 0 Å². The summed E-state index contributed by atoms with van der Waals surface area (Å²) in [5.41, 5.74) is 0. The largest absolute Gasteiger partial charge is 0.300 e. The van der Waals surface area contributed by atoms with Crippen LogP contribution in [0.5, 0.6) is 0 Å². The molecular weight excluding hydrogens is 122 g/mol. The van der Waals surface area contributed by atoms with Crippen LogP contribution >= 0.6 is 0 Å². The fraction of sp³-hybridized carbons (Fsp3) is 0.667. The van der Waals surface area contributed by atoms with Crippen LogP contribution in [0.3, 0.4) is 0 Å². The smallest absolute Gasteiger partial charge is 0.0160 e. The van der Waals surface area contributed by atoms with Gasteiger partial charge in [0, 0.05) is 6.54 Å². The molecule has 1 aliphatic rings. The van der Waals surface area contributed by atoms with E-state index in [-0.39, 0.29) is 0 Å². The molecule has 1 saturated heterocycles. The Hall–Kier alpha value is -0.300. The molecule has 0 spiro atoms. The summed E-state index contributed by atoms with van der Waals surface area (Å²) < 4.78 is 0. The first kappa shape index (κ1) is 7.80. The van der Waals surface area contributed by atoms with Gasteiger partial charge < -0.3 is 0 Å². The summed E-state index contributed by atoms with van der Waals surface area (Å²) in [4.78, 5) is 2.45. The number of rotatable bonds is 2. The fourth-order valence-corrected chi connectivity index (χ4v) is 1.35. The van der Waals surface area contributed by atoms with Gasteiger partial charge in [0.15, 0.2) is 0 Å². The Kier molecular flexibility index (Phi) is 3.52. The minimum atomic E-state index is 1.06. The molecule has 1 aliphatic heterocycles. The quantitative estimate of drug-likeness (QED) is 0.526. The van der Waals surface area contributed by atoms with Gasteiger partial charge in [0.1, 0.15) is 0 Å². The SMILES string of the molecule is C=CCN1CC[CH]CCC1. The molecule has 0 aromatic heterocycles. The summed E-state index contributed by atoms with van der Waals surface area (Å²) in [5.74, 6) is 0. The van der Waals surface area contributed by atoms with Gasteiger partial charge in [0.05, 0.1) is 0 Å². The molecule has 1 heteroatoms. The Morgan fingerprint density at radius 3 is 3.10 bits per heavy atom. The first-order valence-electron chi connectivity index (χ1n) is 4.08. The van der Waals surface area contributed by atoms with E-state index in [2.05, 4.69) is 17.9 Å². The summed E-state index contributed by atoms with van der Waals surface area (Å²) in [6.07, 6.45) is 8.27. The molecule has 1 radical (unpaired) electrons. The highest BCUT2D eigenvalue weighted by Crippen LogP contribution is 2.07. The maximum Gasteiger partial charge on any atom is 0.0160 e. The van der Waals surface area contributed by atoms with Gasteiger partial charge in [-0.05, 0) is 38.8 Å². The van der Waals surface area contributed by atoms with E-state index in [0.717, 1.165) is 6.54 Å². The molecule has 0 saturated carbocycles. The third kappa shape index (κ3) is 2.53. The summed E-state index contributed by atoms with van der Waals surface area (Å²) >= 11 is 0. The van der Waals surface area contributed by atoms with Crippen molar-refractivity contribution in [1.82, 2.24) is 4.90 Å². The van der Waals surface area contributed by atoms with Crippen molar-refractivity contribution < 1.29 is 0 Å². The van der Waals surface area contributed by atoms with Crippen molar-refractivity contribution in [1.29, 1.82) is 0 Å². The van der Waals surface area contributed by atoms with E-state index in [1.807, 2.05) is 6.08 Å². The third-order valence-corrected chi connectivity index (χ3v) is 1.92. The summed E-state index contributed by atoms with van der Waals surface area (Å²) in [6.45, 7) is 7.28. The lowest BCUT2D eigenvalue weighted by atomic mass is 10.2. The average molecular weight is 138 g/mol. The first-order chi connectivity index (χ1) is 4.93. The fourth-order valence-electron chi connectivity index (χ4n) is 1.35. The van der Waals surface area contributed by atoms with Crippen molar-refractivity contribution in [3.8, 4) is 0 Å². The van der Waals surface area contributed by atoms with E-state index < -0.39 is 0 Å².